The average molecular weight is 257 g/mol. The minimum absolute atomic E-state index is 0.130. The molecule has 1 aliphatic rings. The van der Waals surface area contributed by atoms with Crippen molar-refractivity contribution in [2.45, 2.75) is 39.2 Å². The zero-order valence-electron chi connectivity index (χ0n) is 10.9. The van der Waals surface area contributed by atoms with E-state index in [1.165, 1.54) is 4.90 Å². The van der Waals surface area contributed by atoms with Gasteiger partial charge < -0.3 is 19.5 Å². The number of hydrogen-bond acceptors (Lipinski definition) is 4. The number of hydrogen-bond donors (Lipinski definition) is 1. The summed E-state index contributed by atoms with van der Waals surface area (Å²) in [6, 6.07) is 0. The van der Waals surface area contributed by atoms with Gasteiger partial charge in [-0.3, -0.25) is 4.79 Å². The van der Waals surface area contributed by atoms with Crippen molar-refractivity contribution in [2.75, 3.05) is 13.1 Å². The second kappa shape index (κ2) is 4.96. The topological polar surface area (TPSA) is 83.9 Å². The summed E-state index contributed by atoms with van der Waals surface area (Å²) in [6.45, 7) is 5.74. The molecule has 0 aromatic rings. The molecule has 0 aliphatic carbocycles. The largest absolute Gasteiger partial charge is 0.481 e. The number of rotatable bonds is 2. The number of carbonyl (C=O) groups excluding carboxylic acids is 2. The van der Waals surface area contributed by atoms with Crippen LogP contribution in [-0.2, 0) is 14.3 Å². The maximum atomic E-state index is 11.8. The lowest BCUT2D eigenvalue weighted by Gasteiger charge is -2.36. The predicted octanol–water partition coefficient (Wildman–Crippen LogP) is 1.29. The molecule has 0 aromatic carbocycles. The van der Waals surface area contributed by atoms with E-state index < -0.39 is 23.1 Å². The van der Waals surface area contributed by atoms with Crippen LogP contribution in [0.2, 0.25) is 0 Å². The van der Waals surface area contributed by atoms with Gasteiger partial charge in [-0.25, -0.2) is 4.79 Å². The van der Waals surface area contributed by atoms with E-state index in [1.54, 1.807) is 20.8 Å². The van der Waals surface area contributed by atoms with Gasteiger partial charge in [0.25, 0.3) is 0 Å². The van der Waals surface area contributed by atoms with E-state index in [4.69, 9.17) is 9.84 Å². The first-order valence-electron chi connectivity index (χ1n) is 5.88. The number of carboxylic acid groups (broad SMARTS) is 1. The molecule has 0 saturated carbocycles. The highest BCUT2D eigenvalue weighted by Crippen LogP contribution is 2.30. The lowest BCUT2D eigenvalue weighted by molar-refractivity contribution is -0.154. The van der Waals surface area contributed by atoms with Gasteiger partial charge in [-0.1, -0.05) is 0 Å². The Morgan fingerprint density at radius 1 is 1.28 bits per heavy atom. The third-order valence-electron chi connectivity index (χ3n) is 2.96. The number of carbonyl (C=O) groups is 3. The third kappa shape index (κ3) is 3.21. The van der Waals surface area contributed by atoms with Crippen LogP contribution < -0.4 is 0 Å². The van der Waals surface area contributed by atoms with Gasteiger partial charge in [0, 0.05) is 13.1 Å². The molecule has 1 N–H and O–H groups in total. The molecule has 0 aromatic heterocycles. The number of aldehydes is 1. The molecule has 0 spiro atoms. The Balaban J connectivity index is 2.61. The van der Waals surface area contributed by atoms with E-state index in [1.807, 2.05) is 0 Å². The van der Waals surface area contributed by atoms with Crippen LogP contribution >= 0.6 is 0 Å². The van der Waals surface area contributed by atoms with Crippen molar-refractivity contribution < 1.29 is 24.2 Å². The van der Waals surface area contributed by atoms with Gasteiger partial charge in [0.05, 0.1) is 0 Å². The number of amides is 1. The van der Waals surface area contributed by atoms with Crippen LogP contribution in [0.1, 0.15) is 33.6 Å². The van der Waals surface area contributed by atoms with Gasteiger partial charge >= 0.3 is 12.1 Å². The Hall–Kier alpha value is -1.59. The summed E-state index contributed by atoms with van der Waals surface area (Å²) in [5, 5.41) is 9.03. The lowest BCUT2D eigenvalue weighted by atomic mass is 9.80. The summed E-state index contributed by atoms with van der Waals surface area (Å²) >= 11 is 0. The second-order valence-electron chi connectivity index (χ2n) is 5.55. The highest BCUT2D eigenvalue weighted by molar-refractivity contribution is 5.92. The molecular weight excluding hydrogens is 238 g/mol. The SMILES string of the molecule is CC(C)(C)OC(=O)N1CCC(C=O)(C(=O)O)CC1. The van der Waals surface area contributed by atoms with Crippen molar-refractivity contribution in [2.24, 2.45) is 5.41 Å². The highest BCUT2D eigenvalue weighted by Gasteiger charge is 2.43. The normalized spacial score (nSPS) is 19.2. The van der Waals surface area contributed by atoms with Crippen LogP contribution in [0.15, 0.2) is 0 Å². The zero-order valence-corrected chi connectivity index (χ0v) is 10.9. The summed E-state index contributed by atoms with van der Waals surface area (Å²) in [7, 11) is 0. The van der Waals surface area contributed by atoms with Crippen LogP contribution in [-0.4, -0.2) is 47.0 Å². The van der Waals surface area contributed by atoms with E-state index in [0.717, 1.165) is 0 Å². The van der Waals surface area contributed by atoms with Gasteiger partial charge in [-0.15, -0.1) is 0 Å². The maximum absolute atomic E-state index is 11.8. The summed E-state index contributed by atoms with van der Waals surface area (Å²) in [4.78, 5) is 35.2. The fourth-order valence-corrected chi connectivity index (χ4v) is 1.80. The minimum atomic E-state index is -1.35. The van der Waals surface area contributed by atoms with Crippen molar-refractivity contribution in [1.29, 1.82) is 0 Å². The van der Waals surface area contributed by atoms with Gasteiger partial charge in [0.1, 0.15) is 17.3 Å². The van der Waals surface area contributed by atoms with E-state index in [9.17, 15) is 14.4 Å². The molecule has 1 rings (SSSR count). The van der Waals surface area contributed by atoms with E-state index in [-0.39, 0.29) is 25.9 Å². The van der Waals surface area contributed by atoms with Crippen LogP contribution in [0, 0.1) is 5.41 Å². The Bertz CT molecular complexity index is 350. The fourth-order valence-electron chi connectivity index (χ4n) is 1.80. The Morgan fingerprint density at radius 2 is 1.78 bits per heavy atom. The predicted molar refractivity (Wildman–Crippen MR) is 63.2 cm³/mol. The molecule has 1 saturated heterocycles. The summed E-state index contributed by atoms with van der Waals surface area (Å²) < 4.78 is 5.19. The molecule has 0 unspecified atom stereocenters. The standard InChI is InChI=1S/C12H19NO5/c1-11(2,3)18-10(17)13-6-4-12(8-14,5-7-13)9(15)16/h8H,4-7H2,1-3H3,(H,15,16). The summed E-state index contributed by atoms with van der Waals surface area (Å²) in [6.07, 6.45) is 0.269. The van der Waals surface area contributed by atoms with Crippen molar-refractivity contribution in [3.05, 3.63) is 0 Å². The number of ether oxygens (including phenoxy) is 1. The summed E-state index contributed by atoms with van der Waals surface area (Å²) in [5.74, 6) is -1.12. The van der Waals surface area contributed by atoms with Gasteiger partial charge in [0.2, 0.25) is 0 Å². The fraction of sp³-hybridized carbons (Fsp3) is 0.750. The molecule has 0 radical (unpaired) electrons. The van der Waals surface area contributed by atoms with Gasteiger partial charge in [-0.05, 0) is 33.6 Å². The monoisotopic (exact) mass is 257 g/mol. The van der Waals surface area contributed by atoms with Gasteiger partial charge in [0.15, 0.2) is 0 Å². The molecule has 102 valence electrons. The third-order valence-corrected chi connectivity index (χ3v) is 2.96. The van der Waals surface area contributed by atoms with Crippen LogP contribution in [0.4, 0.5) is 4.79 Å². The first kappa shape index (κ1) is 14.5. The Labute approximate surface area is 106 Å². The van der Waals surface area contributed by atoms with Crippen LogP contribution in [0.25, 0.3) is 0 Å². The van der Waals surface area contributed by atoms with E-state index in [0.29, 0.717) is 6.29 Å². The van der Waals surface area contributed by atoms with Crippen LogP contribution in [0.3, 0.4) is 0 Å². The quantitative estimate of drug-likeness (QED) is 0.595. The number of aliphatic carboxylic acids is 1. The van der Waals surface area contributed by atoms with Gasteiger partial charge in [-0.2, -0.15) is 0 Å². The smallest absolute Gasteiger partial charge is 0.410 e. The minimum Gasteiger partial charge on any atom is -0.481 e. The maximum Gasteiger partial charge on any atom is 0.410 e. The average Bonchev–Trinajstić information content (AvgIpc) is 2.26. The highest BCUT2D eigenvalue weighted by atomic mass is 16.6. The van der Waals surface area contributed by atoms with E-state index >= 15 is 0 Å². The zero-order chi connectivity index (χ0) is 14.0. The second-order valence-corrected chi connectivity index (χ2v) is 5.55. The molecule has 1 aliphatic heterocycles. The molecule has 6 heteroatoms. The number of nitrogens with zero attached hydrogens (tertiary/aromatic N) is 1. The molecule has 0 atom stereocenters. The number of carboxylic acids is 1. The van der Waals surface area contributed by atoms with Crippen molar-refractivity contribution in [1.82, 2.24) is 4.90 Å². The molecule has 1 amide bonds. The lowest BCUT2D eigenvalue weighted by Crippen LogP contribution is -2.48. The van der Waals surface area contributed by atoms with Crippen molar-refractivity contribution >= 4 is 18.3 Å². The summed E-state index contributed by atoms with van der Waals surface area (Å²) in [5.41, 5.74) is -1.93. The van der Waals surface area contributed by atoms with Crippen molar-refractivity contribution in [3.63, 3.8) is 0 Å². The number of piperidine rings is 1. The van der Waals surface area contributed by atoms with Crippen molar-refractivity contribution in [3.8, 4) is 0 Å². The molecule has 18 heavy (non-hydrogen) atoms. The Morgan fingerprint density at radius 3 is 2.11 bits per heavy atom. The number of likely N-dealkylation sites (tertiary alicyclic amines) is 1. The first-order valence-corrected chi connectivity index (χ1v) is 5.88. The molecule has 6 nitrogen and oxygen atoms in total. The first-order chi connectivity index (χ1) is 8.20. The molecular formula is C12H19NO5. The molecule has 0 bridgehead atoms. The molecule has 1 heterocycles. The Kier molecular flexibility index (Phi) is 3.98. The van der Waals surface area contributed by atoms with Crippen LogP contribution in [0.5, 0.6) is 0 Å². The van der Waals surface area contributed by atoms with E-state index in [2.05, 4.69) is 0 Å². The molecule has 1 fully saturated rings.